The highest BCUT2D eigenvalue weighted by Crippen LogP contribution is 2.47. The molecule has 6 nitrogen and oxygen atoms in total. The number of rotatable bonds is 8. The first-order valence-electron chi connectivity index (χ1n) is 13.0. The highest BCUT2D eigenvalue weighted by atomic mass is 35.5. The van der Waals surface area contributed by atoms with Crippen LogP contribution in [0, 0.1) is 0 Å². The van der Waals surface area contributed by atoms with Crippen LogP contribution in [-0.4, -0.2) is 50.5 Å². The van der Waals surface area contributed by atoms with Gasteiger partial charge in [-0.05, 0) is 77.2 Å². The zero-order valence-corrected chi connectivity index (χ0v) is 22.3. The van der Waals surface area contributed by atoms with Gasteiger partial charge >= 0.3 is 0 Å². The van der Waals surface area contributed by atoms with E-state index in [9.17, 15) is 4.79 Å². The molecule has 7 heteroatoms. The smallest absolute Gasteiger partial charge is 0.237 e. The second kappa shape index (κ2) is 9.21. The van der Waals surface area contributed by atoms with E-state index < -0.39 is 5.41 Å². The molecule has 1 aliphatic heterocycles. The van der Waals surface area contributed by atoms with Crippen molar-refractivity contribution in [2.24, 2.45) is 0 Å². The second-order valence-corrected chi connectivity index (χ2v) is 10.9. The number of hydrogen-bond donors (Lipinski definition) is 0. The average Bonchev–Trinajstić information content (AvgIpc) is 3.31. The van der Waals surface area contributed by atoms with E-state index in [4.69, 9.17) is 16.6 Å². The van der Waals surface area contributed by atoms with Gasteiger partial charge in [-0.25, -0.2) is 9.97 Å². The van der Waals surface area contributed by atoms with Crippen molar-refractivity contribution < 1.29 is 4.79 Å². The summed E-state index contributed by atoms with van der Waals surface area (Å²) in [5.41, 5.74) is 5.04. The van der Waals surface area contributed by atoms with E-state index in [0.717, 1.165) is 66.0 Å². The number of carbonyl (C=O) groups is 1. The van der Waals surface area contributed by atoms with Crippen LogP contribution < -0.4 is 4.90 Å². The van der Waals surface area contributed by atoms with Crippen LogP contribution in [0.5, 0.6) is 0 Å². The van der Waals surface area contributed by atoms with Crippen LogP contribution in [-0.2, 0) is 16.8 Å². The Morgan fingerprint density at radius 1 is 1.11 bits per heavy atom. The average molecular weight is 494 g/mol. The minimum absolute atomic E-state index is 0.203. The van der Waals surface area contributed by atoms with Gasteiger partial charge in [-0.2, -0.15) is 0 Å². The van der Waals surface area contributed by atoms with Gasteiger partial charge in [0.25, 0.3) is 0 Å². The molecule has 0 unspecified atom stereocenters. The Balaban J connectivity index is 1.48. The van der Waals surface area contributed by atoms with Crippen LogP contribution in [0.15, 0.2) is 30.6 Å². The first-order valence-corrected chi connectivity index (χ1v) is 13.4. The van der Waals surface area contributed by atoms with Crippen LogP contribution in [0.4, 0.5) is 5.69 Å². The molecular weight excluding hydrogens is 458 g/mol. The molecule has 0 saturated heterocycles. The van der Waals surface area contributed by atoms with Gasteiger partial charge in [0.15, 0.2) is 5.15 Å². The first-order chi connectivity index (χ1) is 16.8. The summed E-state index contributed by atoms with van der Waals surface area (Å²) in [5.74, 6) is 0.203. The van der Waals surface area contributed by atoms with Crippen molar-refractivity contribution >= 4 is 34.2 Å². The molecule has 0 atom stereocenters. The highest BCUT2D eigenvalue weighted by Gasteiger charge is 2.50. The third-order valence-corrected chi connectivity index (χ3v) is 8.13. The third-order valence-electron chi connectivity index (χ3n) is 7.87. The molecule has 186 valence electrons. The van der Waals surface area contributed by atoms with Gasteiger partial charge < -0.3 is 14.4 Å². The Morgan fingerprint density at radius 3 is 2.49 bits per heavy atom. The second-order valence-electron chi connectivity index (χ2n) is 10.5. The number of aryl methyl sites for hydroxylation is 1. The van der Waals surface area contributed by atoms with Crippen molar-refractivity contribution in [1.82, 2.24) is 19.4 Å². The summed E-state index contributed by atoms with van der Waals surface area (Å²) >= 11 is 6.59. The molecule has 2 aromatic heterocycles. The quantitative estimate of drug-likeness (QED) is 0.358. The normalized spacial score (nSPS) is 21.1. The molecule has 1 aliphatic carbocycles. The molecular formula is C28H36ClN5O. The van der Waals surface area contributed by atoms with E-state index >= 15 is 0 Å². The molecule has 5 rings (SSSR count). The van der Waals surface area contributed by atoms with Gasteiger partial charge in [0, 0.05) is 29.9 Å². The Labute approximate surface area is 213 Å². The zero-order valence-electron chi connectivity index (χ0n) is 21.5. The van der Waals surface area contributed by atoms with Crippen LogP contribution >= 0.6 is 11.6 Å². The predicted molar refractivity (Wildman–Crippen MR) is 143 cm³/mol. The fraction of sp³-hybridized carbons (Fsp3) is 0.536. The monoisotopic (exact) mass is 493 g/mol. The Kier molecular flexibility index (Phi) is 6.39. The van der Waals surface area contributed by atoms with Crippen molar-refractivity contribution in [3.05, 3.63) is 41.3 Å². The summed E-state index contributed by atoms with van der Waals surface area (Å²) in [4.78, 5) is 27.6. The molecule has 0 spiro atoms. The van der Waals surface area contributed by atoms with Crippen molar-refractivity contribution in [3.8, 4) is 11.3 Å². The number of imidazole rings is 1. The summed E-state index contributed by atoms with van der Waals surface area (Å²) in [5, 5.41) is 0.458. The molecule has 1 amide bonds. The molecule has 1 saturated carbocycles. The van der Waals surface area contributed by atoms with Gasteiger partial charge in [0.1, 0.15) is 5.52 Å². The summed E-state index contributed by atoms with van der Waals surface area (Å²) in [6.07, 6.45) is 6.21. The van der Waals surface area contributed by atoms with E-state index in [2.05, 4.69) is 53.8 Å². The summed E-state index contributed by atoms with van der Waals surface area (Å²) in [7, 11) is 0. The van der Waals surface area contributed by atoms with Crippen molar-refractivity contribution in [2.75, 3.05) is 18.0 Å². The molecule has 35 heavy (non-hydrogen) atoms. The van der Waals surface area contributed by atoms with E-state index in [1.165, 1.54) is 12.8 Å². The number of nitrogens with zero attached hydrogens (tertiary/aromatic N) is 5. The number of amides is 1. The number of anilines is 1. The Morgan fingerprint density at radius 2 is 1.83 bits per heavy atom. The molecule has 0 radical (unpaired) electrons. The lowest BCUT2D eigenvalue weighted by atomic mass is 9.83. The largest absolute Gasteiger partial charge is 0.328 e. The zero-order chi connectivity index (χ0) is 24.9. The van der Waals surface area contributed by atoms with Crippen LogP contribution in [0.3, 0.4) is 0 Å². The number of benzene rings is 1. The molecule has 0 bridgehead atoms. The van der Waals surface area contributed by atoms with Gasteiger partial charge in [0.2, 0.25) is 5.91 Å². The highest BCUT2D eigenvalue weighted by molar-refractivity contribution is 6.33. The third kappa shape index (κ3) is 3.95. The van der Waals surface area contributed by atoms with Gasteiger partial charge in [-0.3, -0.25) is 4.79 Å². The van der Waals surface area contributed by atoms with Gasteiger partial charge in [0.05, 0.1) is 23.0 Å². The maximum Gasteiger partial charge on any atom is 0.237 e. The predicted octanol–water partition coefficient (Wildman–Crippen LogP) is 6.05. The lowest BCUT2D eigenvalue weighted by molar-refractivity contribution is -0.123. The maximum atomic E-state index is 13.6. The summed E-state index contributed by atoms with van der Waals surface area (Å²) in [6, 6.07) is 9.11. The van der Waals surface area contributed by atoms with E-state index in [1.54, 1.807) is 6.33 Å². The SMILES string of the molecule is CCCN(CCC)C1CC(N2C(=O)C(C)(C)c3ccc(-c4cc5ncn(CC)c5c(Cl)n4)cc32)C1. The van der Waals surface area contributed by atoms with Crippen molar-refractivity contribution in [3.63, 3.8) is 0 Å². The lowest BCUT2D eigenvalue weighted by Crippen LogP contribution is -2.56. The van der Waals surface area contributed by atoms with Crippen LogP contribution in [0.25, 0.3) is 22.3 Å². The Bertz CT molecular complexity index is 1250. The van der Waals surface area contributed by atoms with Crippen LogP contribution in [0.2, 0.25) is 5.15 Å². The number of pyridine rings is 1. The minimum Gasteiger partial charge on any atom is -0.328 e. The Hall–Kier alpha value is -2.44. The van der Waals surface area contributed by atoms with Crippen molar-refractivity contribution in [2.45, 2.75) is 84.3 Å². The summed E-state index contributed by atoms with van der Waals surface area (Å²) < 4.78 is 2.01. The first kappa shape index (κ1) is 24.3. The van der Waals surface area contributed by atoms with Crippen LogP contribution in [0.1, 0.15) is 65.9 Å². The van der Waals surface area contributed by atoms with E-state index in [0.29, 0.717) is 11.2 Å². The lowest BCUT2D eigenvalue weighted by Gasteiger charge is -2.47. The molecule has 2 aliphatic rings. The number of carbonyl (C=O) groups excluding carboxylic acids is 1. The summed E-state index contributed by atoms with van der Waals surface area (Å²) in [6.45, 7) is 13.7. The minimum atomic E-state index is -0.527. The fourth-order valence-corrected chi connectivity index (χ4v) is 6.16. The number of aromatic nitrogens is 3. The van der Waals surface area contributed by atoms with Crippen molar-refractivity contribution in [1.29, 1.82) is 0 Å². The fourth-order valence-electron chi connectivity index (χ4n) is 5.86. The number of fused-ring (bicyclic) bond motifs is 2. The molecule has 3 heterocycles. The standard InChI is InChI=1S/C28H36ClN5O/c1-6-11-33(12-7-2)19-14-20(15-19)34-24-13-18(9-10-21(24)28(4,5)27(34)35)22-16-23-25(26(29)31-22)32(8-3)17-30-23/h9-10,13,16-17,19-20H,6-8,11-12,14-15H2,1-5H3. The number of hydrogen-bond acceptors (Lipinski definition) is 4. The molecule has 3 aromatic rings. The topological polar surface area (TPSA) is 54.3 Å². The molecule has 0 N–H and O–H groups in total. The van der Waals surface area contributed by atoms with Gasteiger partial charge in [-0.15, -0.1) is 0 Å². The molecule has 1 aromatic carbocycles. The number of halogens is 1. The van der Waals surface area contributed by atoms with Gasteiger partial charge in [-0.1, -0.05) is 37.6 Å². The molecule has 1 fully saturated rings. The maximum absolute atomic E-state index is 13.6. The van der Waals surface area contributed by atoms with E-state index in [1.807, 2.05) is 24.5 Å². The van der Waals surface area contributed by atoms with E-state index in [-0.39, 0.29) is 11.9 Å².